The molecule has 5 heteroatoms. The lowest BCUT2D eigenvalue weighted by Gasteiger charge is -2.30. The van der Waals surface area contributed by atoms with E-state index in [0.29, 0.717) is 11.5 Å². The predicted octanol–water partition coefficient (Wildman–Crippen LogP) is 3.16. The number of halogens is 1. The molecule has 2 aliphatic carbocycles. The lowest BCUT2D eigenvalue weighted by molar-refractivity contribution is 0.105. The highest BCUT2D eigenvalue weighted by Gasteiger charge is 2.35. The number of rotatable bonds is 7. The van der Waals surface area contributed by atoms with Crippen LogP contribution in [-0.4, -0.2) is 38.8 Å². The summed E-state index contributed by atoms with van der Waals surface area (Å²) in [6.45, 7) is 7.10. The van der Waals surface area contributed by atoms with E-state index in [9.17, 15) is 0 Å². The van der Waals surface area contributed by atoms with E-state index >= 15 is 0 Å². The zero-order valence-corrected chi connectivity index (χ0v) is 16.1. The van der Waals surface area contributed by atoms with Crippen LogP contribution in [0.1, 0.15) is 52.4 Å². The summed E-state index contributed by atoms with van der Waals surface area (Å²) in [6.07, 6.45) is 7.81. The third kappa shape index (κ3) is 5.93. The molecular formula is C16H32IN3O. The number of aliphatic imine (C=N–C) groups is 1. The number of hydrogen-bond donors (Lipinski definition) is 2. The van der Waals surface area contributed by atoms with Crippen LogP contribution in [0.15, 0.2) is 4.99 Å². The Labute approximate surface area is 146 Å². The monoisotopic (exact) mass is 409 g/mol. The lowest BCUT2D eigenvalue weighted by atomic mass is 9.83. The zero-order valence-electron chi connectivity index (χ0n) is 13.8. The van der Waals surface area contributed by atoms with Gasteiger partial charge < -0.3 is 15.4 Å². The van der Waals surface area contributed by atoms with Crippen molar-refractivity contribution in [2.24, 2.45) is 16.3 Å². The van der Waals surface area contributed by atoms with Crippen LogP contribution in [0.5, 0.6) is 0 Å². The lowest BCUT2D eigenvalue weighted by Crippen LogP contribution is -2.44. The molecular weight excluding hydrogens is 377 g/mol. The molecule has 2 unspecified atom stereocenters. The topological polar surface area (TPSA) is 45.6 Å². The van der Waals surface area contributed by atoms with Gasteiger partial charge in [0.1, 0.15) is 0 Å². The average Bonchev–Trinajstić information content (AvgIpc) is 2.95. The van der Waals surface area contributed by atoms with Crippen molar-refractivity contribution in [1.29, 1.82) is 0 Å². The van der Waals surface area contributed by atoms with Crippen LogP contribution in [0.4, 0.5) is 0 Å². The van der Waals surface area contributed by atoms with Crippen molar-refractivity contribution in [1.82, 2.24) is 10.6 Å². The molecule has 0 heterocycles. The highest BCUT2D eigenvalue weighted by Crippen LogP contribution is 2.40. The Bertz CT molecular complexity index is 329. The first kappa shape index (κ1) is 19.0. The molecule has 124 valence electrons. The SMILES string of the molecule is CCOCCC1(CNC(=NC)NC2CC2C)CCCC1.I. The van der Waals surface area contributed by atoms with Gasteiger partial charge in [0.05, 0.1) is 0 Å². The normalized spacial score (nSPS) is 27.1. The first-order valence-electron chi connectivity index (χ1n) is 8.24. The van der Waals surface area contributed by atoms with Crippen molar-refractivity contribution >= 4 is 29.9 Å². The molecule has 2 N–H and O–H groups in total. The molecule has 2 aliphatic rings. The quantitative estimate of drug-likeness (QED) is 0.294. The van der Waals surface area contributed by atoms with Gasteiger partial charge in [0.2, 0.25) is 0 Å². The third-order valence-corrected chi connectivity index (χ3v) is 4.93. The van der Waals surface area contributed by atoms with Crippen molar-refractivity contribution in [3.8, 4) is 0 Å². The van der Waals surface area contributed by atoms with Gasteiger partial charge in [0.25, 0.3) is 0 Å². The van der Waals surface area contributed by atoms with Crippen molar-refractivity contribution in [3.05, 3.63) is 0 Å². The Morgan fingerprint density at radius 1 is 1.33 bits per heavy atom. The summed E-state index contributed by atoms with van der Waals surface area (Å²) in [5.41, 5.74) is 0.419. The summed E-state index contributed by atoms with van der Waals surface area (Å²) in [4.78, 5) is 4.35. The number of nitrogens with one attached hydrogen (secondary N) is 2. The molecule has 0 saturated heterocycles. The van der Waals surface area contributed by atoms with Crippen LogP contribution < -0.4 is 10.6 Å². The van der Waals surface area contributed by atoms with Crippen LogP contribution in [0.2, 0.25) is 0 Å². The Morgan fingerprint density at radius 2 is 2.00 bits per heavy atom. The second-order valence-corrected chi connectivity index (χ2v) is 6.54. The van der Waals surface area contributed by atoms with E-state index in [4.69, 9.17) is 4.74 Å². The summed E-state index contributed by atoms with van der Waals surface area (Å²) < 4.78 is 5.57. The molecule has 21 heavy (non-hydrogen) atoms. The van der Waals surface area contributed by atoms with Crippen LogP contribution in [0, 0.1) is 11.3 Å². The van der Waals surface area contributed by atoms with Gasteiger partial charge in [-0.3, -0.25) is 4.99 Å². The Kier molecular flexibility index (Phi) is 8.31. The summed E-state index contributed by atoms with van der Waals surface area (Å²) in [7, 11) is 1.86. The van der Waals surface area contributed by atoms with Gasteiger partial charge >= 0.3 is 0 Å². The van der Waals surface area contributed by atoms with E-state index in [2.05, 4.69) is 29.5 Å². The van der Waals surface area contributed by atoms with E-state index in [-0.39, 0.29) is 24.0 Å². The van der Waals surface area contributed by atoms with E-state index in [1.54, 1.807) is 0 Å². The molecule has 4 nitrogen and oxygen atoms in total. The molecule has 0 aromatic carbocycles. The van der Waals surface area contributed by atoms with Gasteiger partial charge in [0, 0.05) is 32.8 Å². The van der Waals surface area contributed by atoms with Crippen molar-refractivity contribution in [3.63, 3.8) is 0 Å². The number of guanidine groups is 1. The summed E-state index contributed by atoms with van der Waals surface area (Å²) in [5.74, 6) is 1.77. The first-order chi connectivity index (χ1) is 9.69. The highest BCUT2D eigenvalue weighted by molar-refractivity contribution is 14.0. The minimum absolute atomic E-state index is 0. The Balaban J connectivity index is 0.00000220. The molecule has 0 spiro atoms. The van der Waals surface area contributed by atoms with Gasteiger partial charge in [-0.1, -0.05) is 19.8 Å². The second kappa shape index (κ2) is 9.18. The number of ether oxygens (including phenoxy) is 1. The summed E-state index contributed by atoms with van der Waals surface area (Å²) in [6, 6.07) is 0.629. The maximum Gasteiger partial charge on any atom is 0.191 e. The zero-order chi connectivity index (χ0) is 14.4. The minimum atomic E-state index is 0. The molecule has 0 radical (unpaired) electrons. The Morgan fingerprint density at radius 3 is 2.52 bits per heavy atom. The fourth-order valence-electron chi connectivity index (χ4n) is 3.24. The van der Waals surface area contributed by atoms with Gasteiger partial charge in [-0.15, -0.1) is 24.0 Å². The fraction of sp³-hybridized carbons (Fsp3) is 0.938. The fourth-order valence-corrected chi connectivity index (χ4v) is 3.24. The first-order valence-corrected chi connectivity index (χ1v) is 8.24. The summed E-state index contributed by atoms with van der Waals surface area (Å²) >= 11 is 0. The minimum Gasteiger partial charge on any atom is -0.382 e. The average molecular weight is 409 g/mol. The molecule has 0 aromatic heterocycles. The van der Waals surface area contributed by atoms with Crippen LogP contribution in [0.3, 0.4) is 0 Å². The smallest absolute Gasteiger partial charge is 0.191 e. The predicted molar refractivity (Wildman–Crippen MR) is 99.5 cm³/mol. The van der Waals surface area contributed by atoms with Gasteiger partial charge in [-0.25, -0.2) is 0 Å². The molecule has 2 fully saturated rings. The largest absolute Gasteiger partial charge is 0.382 e. The van der Waals surface area contributed by atoms with Crippen LogP contribution >= 0.6 is 24.0 Å². The van der Waals surface area contributed by atoms with Gasteiger partial charge in [0.15, 0.2) is 5.96 Å². The maximum absolute atomic E-state index is 5.57. The molecule has 0 aliphatic heterocycles. The maximum atomic E-state index is 5.57. The molecule has 2 rings (SSSR count). The van der Waals surface area contributed by atoms with Crippen molar-refractivity contribution in [2.75, 3.05) is 26.8 Å². The molecule has 0 amide bonds. The second-order valence-electron chi connectivity index (χ2n) is 6.54. The molecule has 2 atom stereocenters. The van der Waals surface area contributed by atoms with Gasteiger partial charge in [-0.2, -0.15) is 0 Å². The Hall–Kier alpha value is -0.0400. The van der Waals surface area contributed by atoms with E-state index in [1.165, 1.54) is 38.5 Å². The van der Waals surface area contributed by atoms with Crippen LogP contribution in [0.25, 0.3) is 0 Å². The number of hydrogen-bond acceptors (Lipinski definition) is 2. The van der Waals surface area contributed by atoms with Gasteiger partial charge in [-0.05, 0) is 43.9 Å². The highest BCUT2D eigenvalue weighted by atomic mass is 127. The van der Waals surface area contributed by atoms with E-state index in [0.717, 1.165) is 31.6 Å². The van der Waals surface area contributed by atoms with Crippen molar-refractivity contribution in [2.45, 2.75) is 58.4 Å². The third-order valence-electron chi connectivity index (χ3n) is 4.93. The number of nitrogens with zero attached hydrogens (tertiary/aromatic N) is 1. The molecule has 2 saturated carbocycles. The van der Waals surface area contributed by atoms with Crippen LogP contribution in [-0.2, 0) is 4.74 Å². The molecule has 0 bridgehead atoms. The van der Waals surface area contributed by atoms with Crippen molar-refractivity contribution < 1.29 is 4.74 Å². The standard InChI is InChI=1S/C16H31N3O.HI/c1-4-20-10-9-16(7-5-6-8-16)12-18-15(17-3)19-14-11-13(14)2;/h13-14H,4-12H2,1-3H3,(H2,17,18,19);1H. The van der Waals surface area contributed by atoms with E-state index in [1.807, 2.05) is 7.05 Å². The summed E-state index contributed by atoms with van der Waals surface area (Å²) in [5, 5.41) is 7.06. The molecule has 0 aromatic rings. The van der Waals surface area contributed by atoms with E-state index < -0.39 is 0 Å².